The molecular weight excluding hydrogens is 535 g/mol. The molecule has 0 atom stereocenters. The topological polar surface area (TPSA) is 105 Å². The molecule has 194 valence electrons. The first kappa shape index (κ1) is 26.8. The van der Waals surface area contributed by atoms with Gasteiger partial charge in [-0.25, -0.2) is 9.18 Å². The molecule has 0 bridgehead atoms. The first-order valence-corrected chi connectivity index (χ1v) is 12.0. The average Bonchev–Trinajstić information content (AvgIpc) is 2.87. The maximum absolute atomic E-state index is 13.3. The molecule has 3 aromatic carbocycles. The Kier molecular flexibility index (Phi) is 8.04. The van der Waals surface area contributed by atoms with Crippen molar-refractivity contribution in [1.29, 1.82) is 0 Å². The van der Waals surface area contributed by atoms with Crippen molar-refractivity contribution >= 4 is 58.5 Å². The molecule has 1 saturated heterocycles. The Balaban J connectivity index is 1.66. The third-order valence-corrected chi connectivity index (χ3v) is 5.96. The highest BCUT2D eigenvalue weighted by Crippen LogP contribution is 2.38. The van der Waals surface area contributed by atoms with E-state index in [0.29, 0.717) is 11.1 Å². The Morgan fingerprint density at radius 1 is 1.13 bits per heavy atom. The number of ether oxygens (including phenoxy) is 2. The van der Waals surface area contributed by atoms with Gasteiger partial charge in [0.1, 0.15) is 18.0 Å². The predicted molar refractivity (Wildman–Crippen MR) is 143 cm³/mol. The van der Waals surface area contributed by atoms with E-state index in [-0.39, 0.29) is 57.5 Å². The molecule has 2 N–H and O–H groups in total. The maximum Gasteiger partial charge on any atom is 0.335 e. The molecule has 0 saturated carbocycles. The van der Waals surface area contributed by atoms with Crippen molar-refractivity contribution in [2.45, 2.75) is 13.5 Å². The van der Waals surface area contributed by atoms with E-state index >= 15 is 0 Å². The van der Waals surface area contributed by atoms with Gasteiger partial charge in [0.15, 0.2) is 16.6 Å². The molecule has 8 nitrogen and oxygen atoms in total. The number of halogens is 2. The molecular formula is C27H20ClFN2O6S. The first-order chi connectivity index (χ1) is 18.2. The Bertz CT molecular complexity index is 1470. The van der Waals surface area contributed by atoms with Crippen LogP contribution in [-0.2, 0) is 16.2 Å². The first-order valence-electron chi connectivity index (χ1n) is 11.3. The summed E-state index contributed by atoms with van der Waals surface area (Å²) in [6, 6.07) is 14.5. The van der Waals surface area contributed by atoms with Gasteiger partial charge < -0.3 is 14.6 Å². The van der Waals surface area contributed by atoms with Gasteiger partial charge in [0.05, 0.1) is 22.9 Å². The van der Waals surface area contributed by atoms with Gasteiger partial charge in [-0.15, -0.1) is 0 Å². The Morgan fingerprint density at radius 3 is 2.55 bits per heavy atom. The molecule has 1 aliphatic rings. The highest BCUT2D eigenvalue weighted by atomic mass is 35.5. The Morgan fingerprint density at radius 2 is 1.87 bits per heavy atom. The fourth-order valence-corrected chi connectivity index (χ4v) is 4.20. The summed E-state index contributed by atoms with van der Waals surface area (Å²) in [4.78, 5) is 38.4. The fraction of sp³-hybridized carbons (Fsp3) is 0.111. The van der Waals surface area contributed by atoms with Crippen molar-refractivity contribution in [2.24, 2.45) is 0 Å². The van der Waals surface area contributed by atoms with Gasteiger partial charge in [-0.2, -0.15) is 0 Å². The molecule has 4 rings (SSSR count). The summed E-state index contributed by atoms with van der Waals surface area (Å²) in [5, 5.41) is 11.7. The molecule has 1 fully saturated rings. The van der Waals surface area contributed by atoms with Crippen LogP contribution < -0.4 is 19.7 Å². The van der Waals surface area contributed by atoms with E-state index in [0.717, 1.165) is 4.90 Å². The summed E-state index contributed by atoms with van der Waals surface area (Å²) in [6.07, 6.45) is 1.33. The van der Waals surface area contributed by atoms with Gasteiger partial charge in [-0.05, 0) is 78.8 Å². The highest BCUT2D eigenvalue weighted by molar-refractivity contribution is 7.80. The molecule has 2 amide bonds. The number of nitrogens with one attached hydrogen (secondary N) is 1. The number of benzene rings is 3. The van der Waals surface area contributed by atoms with Crippen molar-refractivity contribution in [3.63, 3.8) is 0 Å². The summed E-state index contributed by atoms with van der Waals surface area (Å²) in [7, 11) is 0. The largest absolute Gasteiger partial charge is 0.490 e. The number of rotatable bonds is 8. The van der Waals surface area contributed by atoms with Crippen molar-refractivity contribution in [1.82, 2.24) is 5.32 Å². The van der Waals surface area contributed by atoms with Crippen molar-refractivity contribution in [2.75, 3.05) is 11.5 Å². The smallest absolute Gasteiger partial charge is 0.335 e. The number of carboxylic acid groups (broad SMARTS) is 1. The molecule has 11 heteroatoms. The van der Waals surface area contributed by atoms with E-state index in [4.69, 9.17) is 33.3 Å². The van der Waals surface area contributed by atoms with Crippen LogP contribution in [0.5, 0.6) is 11.5 Å². The van der Waals surface area contributed by atoms with Gasteiger partial charge in [0.25, 0.3) is 11.8 Å². The monoisotopic (exact) mass is 554 g/mol. The SMILES string of the molecule is CCOc1cc(C=C2C(=O)NC(=S)N(c3cccc(C(=O)O)c3)C2=O)cc(Cl)c1OCc1ccc(F)cc1. The number of nitrogens with zero attached hydrogens (tertiary/aromatic N) is 1. The summed E-state index contributed by atoms with van der Waals surface area (Å²) in [5.74, 6) is -2.49. The third-order valence-electron chi connectivity index (χ3n) is 5.39. The predicted octanol–water partition coefficient (Wildman–Crippen LogP) is 4.99. The van der Waals surface area contributed by atoms with E-state index in [1.54, 1.807) is 25.1 Å². The number of aromatic carboxylic acids is 1. The van der Waals surface area contributed by atoms with Crippen LogP contribution in [0.2, 0.25) is 5.02 Å². The summed E-state index contributed by atoms with van der Waals surface area (Å²) in [6.45, 7) is 2.15. The quantitative estimate of drug-likeness (QED) is 0.230. The Labute approximate surface area is 227 Å². The van der Waals surface area contributed by atoms with Gasteiger partial charge >= 0.3 is 5.97 Å². The number of anilines is 1. The van der Waals surface area contributed by atoms with Gasteiger partial charge in [0.2, 0.25) is 0 Å². The van der Waals surface area contributed by atoms with Crippen LogP contribution in [0.1, 0.15) is 28.4 Å². The standard InChI is InChI=1S/C27H20ClFN2O6S/c1-2-36-22-12-16(11-21(28)23(22)37-14-15-6-8-18(29)9-7-15)10-20-24(32)30-27(38)31(25(20)33)19-5-3-4-17(13-19)26(34)35/h3-13H,2,14H2,1H3,(H,34,35)(H,30,32,38). The van der Waals surface area contributed by atoms with E-state index < -0.39 is 17.8 Å². The summed E-state index contributed by atoms with van der Waals surface area (Å²) in [5.41, 5.74) is 0.966. The molecule has 0 aliphatic carbocycles. The zero-order chi connectivity index (χ0) is 27.4. The molecule has 1 heterocycles. The van der Waals surface area contributed by atoms with Gasteiger partial charge in [0, 0.05) is 0 Å². The zero-order valence-electron chi connectivity index (χ0n) is 19.9. The lowest BCUT2D eigenvalue weighted by Gasteiger charge is -2.29. The third kappa shape index (κ3) is 5.82. The van der Waals surface area contributed by atoms with Gasteiger partial charge in [-0.3, -0.25) is 19.8 Å². The lowest BCUT2D eigenvalue weighted by Crippen LogP contribution is -2.54. The minimum absolute atomic E-state index is 0.0510. The van der Waals surface area contributed by atoms with Crippen LogP contribution in [-0.4, -0.2) is 34.6 Å². The number of carboxylic acids is 1. The minimum atomic E-state index is -1.18. The van der Waals surface area contributed by atoms with Crippen molar-refractivity contribution in [3.05, 3.63) is 93.8 Å². The second-order valence-corrected chi connectivity index (χ2v) is 8.79. The molecule has 0 spiro atoms. The molecule has 0 unspecified atom stereocenters. The zero-order valence-corrected chi connectivity index (χ0v) is 21.4. The minimum Gasteiger partial charge on any atom is -0.490 e. The van der Waals surface area contributed by atoms with Crippen LogP contribution in [0.15, 0.2) is 66.2 Å². The number of thiocarbonyl (C=S) groups is 1. The lowest BCUT2D eigenvalue weighted by atomic mass is 10.1. The van der Waals surface area contributed by atoms with Crippen LogP contribution in [0.4, 0.5) is 10.1 Å². The molecule has 38 heavy (non-hydrogen) atoms. The highest BCUT2D eigenvalue weighted by Gasteiger charge is 2.35. The number of carbonyl (C=O) groups excluding carboxylic acids is 2. The van der Waals surface area contributed by atoms with E-state index in [1.165, 1.54) is 48.5 Å². The van der Waals surface area contributed by atoms with E-state index in [2.05, 4.69) is 5.32 Å². The van der Waals surface area contributed by atoms with Crippen molar-refractivity contribution in [3.8, 4) is 11.5 Å². The van der Waals surface area contributed by atoms with Gasteiger partial charge in [-0.1, -0.05) is 29.8 Å². The lowest BCUT2D eigenvalue weighted by molar-refractivity contribution is -0.122. The van der Waals surface area contributed by atoms with Crippen LogP contribution in [0.25, 0.3) is 6.08 Å². The number of hydrogen-bond donors (Lipinski definition) is 2. The van der Waals surface area contributed by atoms with Crippen LogP contribution in [0, 0.1) is 5.82 Å². The number of hydrogen-bond acceptors (Lipinski definition) is 6. The Hall–Kier alpha value is -4.28. The second kappa shape index (κ2) is 11.4. The van der Waals surface area contributed by atoms with E-state index in [9.17, 15) is 23.9 Å². The molecule has 3 aromatic rings. The fourth-order valence-electron chi connectivity index (χ4n) is 3.65. The normalized spacial score (nSPS) is 14.4. The van der Waals surface area contributed by atoms with Crippen molar-refractivity contribution < 1.29 is 33.4 Å². The number of amides is 2. The second-order valence-electron chi connectivity index (χ2n) is 7.99. The number of carbonyl (C=O) groups is 3. The summed E-state index contributed by atoms with van der Waals surface area (Å²) >= 11 is 11.7. The maximum atomic E-state index is 13.3. The molecule has 1 aliphatic heterocycles. The van der Waals surface area contributed by atoms with Crippen LogP contribution >= 0.6 is 23.8 Å². The molecule has 0 aromatic heterocycles. The van der Waals surface area contributed by atoms with Crippen LogP contribution in [0.3, 0.4) is 0 Å². The average molecular weight is 555 g/mol. The molecule has 0 radical (unpaired) electrons. The summed E-state index contributed by atoms with van der Waals surface area (Å²) < 4.78 is 24.7. The van der Waals surface area contributed by atoms with E-state index in [1.807, 2.05) is 0 Å².